The number of carboxylic acid groups (broad SMARTS) is 2. The molecule has 0 aliphatic carbocycles. The number of carbonyl (C=O) groups is 2. The zero-order valence-corrected chi connectivity index (χ0v) is 22.5. The van der Waals surface area contributed by atoms with Gasteiger partial charge >= 0.3 is 11.9 Å². The molecule has 0 aliphatic heterocycles. The van der Waals surface area contributed by atoms with Crippen LogP contribution in [0.5, 0.6) is 0 Å². The van der Waals surface area contributed by atoms with Gasteiger partial charge in [-0.3, -0.25) is 9.59 Å². The second-order valence-electron chi connectivity index (χ2n) is 11.8. The molecule has 0 fully saturated rings. The van der Waals surface area contributed by atoms with Crippen LogP contribution in [0.3, 0.4) is 0 Å². The van der Waals surface area contributed by atoms with E-state index in [1.807, 2.05) is 90.1 Å². The van der Waals surface area contributed by atoms with Gasteiger partial charge in [0.1, 0.15) is 23.5 Å². The highest BCUT2D eigenvalue weighted by Crippen LogP contribution is 2.36. The smallest absolute Gasteiger partial charge is 0.314 e. The molecule has 4 rings (SSSR count). The van der Waals surface area contributed by atoms with Gasteiger partial charge in [0.15, 0.2) is 0 Å². The quantitative estimate of drug-likeness (QED) is 0.221. The minimum atomic E-state index is -0.903. The Bertz CT molecular complexity index is 1320. The standard InChI is InChI=1S/C30H34N4O4/c1-29(2,3)23(27(35)36)25-31-15-21(33-25)19-11-7-17(8-12-19)18-9-13-20(14-10-18)22-16-32-26(34-22)24(28(37)38)30(4,5)6/h7-16,23-24H,1-6H3,(H,31,33)(H,32,34)(H,35,36)(H,37,38). The second-order valence-corrected chi connectivity index (χ2v) is 11.8. The highest BCUT2D eigenvalue weighted by molar-refractivity contribution is 5.77. The summed E-state index contributed by atoms with van der Waals surface area (Å²) in [6, 6.07) is 16.0. The number of imidazole rings is 2. The molecule has 198 valence electrons. The zero-order valence-electron chi connectivity index (χ0n) is 22.5. The zero-order chi connectivity index (χ0) is 27.8. The molecule has 0 amide bonds. The fourth-order valence-corrected chi connectivity index (χ4v) is 4.74. The maximum atomic E-state index is 11.8. The number of carboxylic acids is 2. The predicted molar refractivity (Wildman–Crippen MR) is 147 cm³/mol. The Morgan fingerprint density at radius 3 is 1.16 bits per heavy atom. The molecule has 2 unspecified atom stereocenters. The van der Waals surface area contributed by atoms with Crippen molar-refractivity contribution in [2.24, 2.45) is 10.8 Å². The average molecular weight is 515 g/mol. The second kappa shape index (κ2) is 9.93. The number of hydrogen-bond acceptors (Lipinski definition) is 4. The topological polar surface area (TPSA) is 132 Å². The third-order valence-corrected chi connectivity index (χ3v) is 6.69. The molecule has 38 heavy (non-hydrogen) atoms. The van der Waals surface area contributed by atoms with E-state index in [9.17, 15) is 19.8 Å². The molecule has 0 spiro atoms. The van der Waals surface area contributed by atoms with Gasteiger partial charge in [-0.1, -0.05) is 90.1 Å². The first-order valence-electron chi connectivity index (χ1n) is 12.5. The summed E-state index contributed by atoms with van der Waals surface area (Å²) in [6.45, 7) is 11.3. The van der Waals surface area contributed by atoms with Crippen molar-refractivity contribution in [1.29, 1.82) is 0 Å². The van der Waals surface area contributed by atoms with E-state index < -0.39 is 34.6 Å². The fraction of sp³-hybridized carbons (Fsp3) is 0.333. The van der Waals surface area contributed by atoms with E-state index in [2.05, 4.69) is 19.9 Å². The summed E-state index contributed by atoms with van der Waals surface area (Å²) < 4.78 is 0. The monoisotopic (exact) mass is 514 g/mol. The van der Waals surface area contributed by atoms with Crippen molar-refractivity contribution in [2.75, 3.05) is 0 Å². The van der Waals surface area contributed by atoms with Crippen molar-refractivity contribution < 1.29 is 19.8 Å². The van der Waals surface area contributed by atoms with Crippen LogP contribution in [0.4, 0.5) is 0 Å². The van der Waals surface area contributed by atoms with Gasteiger partial charge in [0, 0.05) is 0 Å². The fourth-order valence-electron chi connectivity index (χ4n) is 4.74. The van der Waals surface area contributed by atoms with E-state index in [1.54, 1.807) is 12.4 Å². The molecule has 2 aromatic carbocycles. The lowest BCUT2D eigenvalue weighted by atomic mass is 9.80. The molecule has 0 radical (unpaired) electrons. The van der Waals surface area contributed by atoms with Crippen molar-refractivity contribution in [2.45, 2.75) is 53.4 Å². The Morgan fingerprint density at radius 2 is 0.895 bits per heavy atom. The van der Waals surface area contributed by atoms with Crippen molar-refractivity contribution in [3.05, 3.63) is 72.6 Å². The number of rotatable bonds is 7. The van der Waals surface area contributed by atoms with Crippen LogP contribution in [0.2, 0.25) is 0 Å². The lowest BCUT2D eigenvalue weighted by molar-refractivity contribution is -0.142. The largest absolute Gasteiger partial charge is 0.481 e. The number of hydrogen-bond donors (Lipinski definition) is 4. The molecule has 0 bridgehead atoms. The summed E-state index contributed by atoms with van der Waals surface area (Å²) in [4.78, 5) is 38.7. The lowest BCUT2D eigenvalue weighted by Crippen LogP contribution is -2.27. The summed E-state index contributed by atoms with van der Waals surface area (Å²) in [5, 5.41) is 19.4. The van der Waals surface area contributed by atoms with Crippen LogP contribution < -0.4 is 0 Å². The van der Waals surface area contributed by atoms with E-state index in [0.29, 0.717) is 11.6 Å². The van der Waals surface area contributed by atoms with Gasteiger partial charge in [-0.15, -0.1) is 0 Å². The van der Waals surface area contributed by atoms with E-state index in [0.717, 1.165) is 33.6 Å². The average Bonchev–Trinajstić information content (AvgIpc) is 3.47. The van der Waals surface area contributed by atoms with Gasteiger partial charge in [0.05, 0.1) is 23.8 Å². The van der Waals surface area contributed by atoms with Gasteiger partial charge < -0.3 is 20.2 Å². The van der Waals surface area contributed by atoms with Crippen LogP contribution in [0.25, 0.3) is 33.6 Å². The molecule has 2 aromatic heterocycles. The van der Waals surface area contributed by atoms with Gasteiger partial charge in [0.2, 0.25) is 0 Å². The van der Waals surface area contributed by atoms with Crippen LogP contribution in [-0.4, -0.2) is 42.1 Å². The Hall–Kier alpha value is -4.20. The van der Waals surface area contributed by atoms with Gasteiger partial charge in [-0.05, 0) is 33.1 Å². The number of aromatic nitrogens is 4. The number of H-pyrrole nitrogens is 2. The maximum absolute atomic E-state index is 11.8. The van der Waals surface area contributed by atoms with Crippen LogP contribution in [0.15, 0.2) is 60.9 Å². The third-order valence-electron chi connectivity index (χ3n) is 6.69. The minimum absolute atomic E-state index is 0.443. The number of aromatic amines is 2. The number of benzene rings is 2. The number of nitrogens with zero attached hydrogens (tertiary/aromatic N) is 2. The Balaban J connectivity index is 1.52. The molecule has 2 heterocycles. The molecular formula is C30H34N4O4. The molecule has 2 atom stereocenters. The summed E-state index contributed by atoms with van der Waals surface area (Å²) in [6.07, 6.45) is 3.35. The van der Waals surface area contributed by atoms with Gasteiger partial charge in [-0.2, -0.15) is 0 Å². The molecular weight excluding hydrogens is 480 g/mol. The first-order valence-corrected chi connectivity index (χ1v) is 12.5. The summed E-state index contributed by atoms with van der Waals surface area (Å²) in [5.74, 6) is -2.39. The summed E-state index contributed by atoms with van der Waals surface area (Å²) in [7, 11) is 0. The van der Waals surface area contributed by atoms with E-state index in [1.165, 1.54) is 0 Å². The van der Waals surface area contributed by atoms with Crippen LogP contribution in [0, 0.1) is 10.8 Å². The minimum Gasteiger partial charge on any atom is -0.481 e. The third kappa shape index (κ3) is 5.54. The van der Waals surface area contributed by atoms with E-state index >= 15 is 0 Å². The SMILES string of the molecule is CC(C)(C)C(C(=O)O)c1ncc(-c2ccc(-c3ccc(-c4cnc(C(C(=O)O)C(C)(C)C)[nH]4)cc3)cc2)[nH]1. The first kappa shape index (κ1) is 26.9. The predicted octanol–water partition coefficient (Wildman–Crippen LogP) is 6.56. The highest BCUT2D eigenvalue weighted by atomic mass is 16.4. The Kier molecular flexibility index (Phi) is 7.02. The van der Waals surface area contributed by atoms with E-state index in [4.69, 9.17) is 0 Å². The molecule has 8 nitrogen and oxygen atoms in total. The summed E-state index contributed by atoms with van der Waals surface area (Å²) >= 11 is 0. The first-order chi connectivity index (χ1) is 17.8. The molecule has 4 N–H and O–H groups in total. The highest BCUT2D eigenvalue weighted by Gasteiger charge is 2.36. The van der Waals surface area contributed by atoms with Crippen molar-refractivity contribution >= 4 is 11.9 Å². The number of nitrogens with one attached hydrogen (secondary N) is 2. The van der Waals surface area contributed by atoms with Crippen LogP contribution >= 0.6 is 0 Å². The Labute approximate surface area is 222 Å². The molecule has 0 saturated heterocycles. The van der Waals surface area contributed by atoms with Crippen molar-refractivity contribution in [1.82, 2.24) is 19.9 Å². The molecule has 0 saturated carbocycles. The number of aliphatic carboxylic acids is 2. The molecule has 8 heteroatoms. The molecule has 4 aromatic rings. The van der Waals surface area contributed by atoms with Crippen LogP contribution in [0.1, 0.15) is 65.0 Å². The van der Waals surface area contributed by atoms with Crippen LogP contribution in [-0.2, 0) is 9.59 Å². The lowest BCUT2D eigenvalue weighted by Gasteiger charge is -2.25. The van der Waals surface area contributed by atoms with E-state index in [-0.39, 0.29) is 0 Å². The normalized spacial score (nSPS) is 13.7. The van der Waals surface area contributed by atoms with Gasteiger partial charge in [-0.25, -0.2) is 9.97 Å². The Morgan fingerprint density at radius 1 is 0.605 bits per heavy atom. The molecule has 0 aliphatic rings. The van der Waals surface area contributed by atoms with Crippen molar-refractivity contribution in [3.63, 3.8) is 0 Å². The van der Waals surface area contributed by atoms with Gasteiger partial charge in [0.25, 0.3) is 0 Å². The van der Waals surface area contributed by atoms with Crippen molar-refractivity contribution in [3.8, 4) is 33.6 Å². The summed E-state index contributed by atoms with van der Waals surface area (Å²) in [5.41, 5.74) is 4.48. The maximum Gasteiger partial charge on any atom is 0.314 e.